The molecule has 68 heavy (non-hydrogen) atoms. The monoisotopic (exact) mass is 971 g/mol. The van der Waals surface area contributed by atoms with Crippen molar-refractivity contribution < 1.29 is 94.2 Å². The fourth-order valence-corrected chi connectivity index (χ4v) is 15.2. The van der Waals surface area contributed by atoms with Crippen LogP contribution in [0.15, 0.2) is 11.6 Å². The molecular formula is C49H78O19. The molecule has 0 spiro atoms. The molecule has 388 valence electrons. The Kier molecular flexibility index (Phi) is 13.8. The van der Waals surface area contributed by atoms with E-state index in [1.807, 2.05) is 0 Å². The van der Waals surface area contributed by atoms with Gasteiger partial charge in [0.15, 0.2) is 18.2 Å². The fraction of sp³-hybridized carbons (Fsp3) is 0.918. The largest absolute Gasteiger partial charge is 0.479 e. The van der Waals surface area contributed by atoms with Crippen LogP contribution < -0.4 is 0 Å². The molecule has 3 heterocycles. The quantitative estimate of drug-likeness (QED) is 0.0857. The van der Waals surface area contributed by atoms with Gasteiger partial charge in [0.1, 0.15) is 67.1 Å². The lowest BCUT2D eigenvalue weighted by Gasteiger charge is -2.71. The second-order valence-corrected chi connectivity index (χ2v) is 24.1. The van der Waals surface area contributed by atoms with E-state index in [1.165, 1.54) is 5.57 Å². The molecule has 8 aliphatic rings. The van der Waals surface area contributed by atoms with E-state index in [2.05, 4.69) is 54.5 Å². The van der Waals surface area contributed by atoms with Gasteiger partial charge < -0.3 is 84.6 Å². The summed E-state index contributed by atoms with van der Waals surface area (Å²) in [5, 5.41) is 116. The minimum absolute atomic E-state index is 0.0740. The van der Waals surface area contributed by atoms with E-state index in [0.29, 0.717) is 32.1 Å². The van der Waals surface area contributed by atoms with E-state index < -0.39 is 134 Å². The topological polar surface area (TPSA) is 312 Å². The number of esters is 1. The maximum Gasteiger partial charge on any atom is 0.338 e. The number of carboxylic acids is 1. The number of carboxylic acid groups (broad SMARTS) is 1. The van der Waals surface area contributed by atoms with E-state index >= 15 is 0 Å². The summed E-state index contributed by atoms with van der Waals surface area (Å²) in [4.78, 5) is 27.3. The van der Waals surface area contributed by atoms with Gasteiger partial charge in [-0.2, -0.15) is 0 Å². The second kappa shape index (κ2) is 17.9. The third-order valence-corrected chi connectivity index (χ3v) is 19.8. The molecule has 0 aromatic heterocycles. The van der Waals surface area contributed by atoms with Gasteiger partial charge in [-0.25, -0.2) is 4.79 Å². The normalized spacial score (nSPS) is 53.1. The summed E-state index contributed by atoms with van der Waals surface area (Å²) < 4.78 is 36.0. The zero-order valence-electron chi connectivity index (χ0n) is 40.6. The summed E-state index contributed by atoms with van der Waals surface area (Å²) >= 11 is 0. The number of ether oxygens (including phenoxy) is 6. The van der Waals surface area contributed by atoms with Gasteiger partial charge in [-0.3, -0.25) is 4.79 Å². The minimum atomic E-state index is -2.34. The van der Waals surface area contributed by atoms with Crippen LogP contribution in [0.5, 0.6) is 0 Å². The number of aliphatic hydroxyl groups excluding tert-OH is 10. The number of carbonyl (C=O) groups excluding carboxylic acids is 1. The van der Waals surface area contributed by atoms with Crippen LogP contribution in [-0.4, -0.2) is 179 Å². The highest BCUT2D eigenvalue weighted by molar-refractivity contribution is 5.79. The molecule has 19 nitrogen and oxygen atoms in total. The predicted molar refractivity (Wildman–Crippen MR) is 235 cm³/mol. The SMILES string of the molecule is CC1(C)CCC2(C(=O)OC3OC(CO)C(O)C(O)C3O)CCC3(C)C(=CCC4C5(C)CCC(OC6OC(C)(C(=O)O)C(O)C(O)C6OC6OC(CO)C(O)C(O)C6O)C(C)(C)C5CCC43C)C2C1. The van der Waals surface area contributed by atoms with E-state index in [-0.39, 0.29) is 39.4 Å². The van der Waals surface area contributed by atoms with E-state index in [4.69, 9.17) is 28.4 Å². The van der Waals surface area contributed by atoms with Gasteiger partial charge in [0.25, 0.3) is 0 Å². The highest BCUT2D eigenvalue weighted by Crippen LogP contribution is 2.76. The number of aliphatic hydroxyl groups is 10. The van der Waals surface area contributed by atoms with Crippen molar-refractivity contribution in [1.82, 2.24) is 0 Å². The summed E-state index contributed by atoms with van der Waals surface area (Å²) in [6, 6.07) is 0. The molecule has 19 heteroatoms. The van der Waals surface area contributed by atoms with E-state index in [1.54, 1.807) is 0 Å². The Bertz CT molecular complexity index is 1930. The maximum absolute atomic E-state index is 14.7. The zero-order chi connectivity index (χ0) is 50.1. The lowest BCUT2D eigenvalue weighted by Crippen LogP contribution is -2.70. The van der Waals surface area contributed by atoms with Crippen LogP contribution in [0.25, 0.3) is 0 Å². The molecular weight excluding hydrogens is 893 g/mol. The van der Waals surface area contributed by atoms with Gasteiger partial charge in [0.05, 0.1) is 24.7 Å². The smallest absolute Gasteiger partial charge is 0.338 e. The van der Waals surface area contributed by atoms with Crippen molar-refractivity contribution in [1.29, 1.82) is 0 Å². The molecule has 0 radical (unpaired) electrons. The van der Waals surface area contributed by atoms with Crippen LogP contribution >= 0.6 is 0 Å². The van der Waals surface area contributed by atoms with E-state index in [9.17, 15) is 65.8 Å². The molecule has 4 saturated carbocycles. The summed E-state index contributed by atoms with van der Waals surface area (Å²) in [6.07, 6.45) is -14.8. The lowest BCUT2D eigenvalue weighted by atomic mass is 9.33. The number of carbonyl (C=O) groups is 2. The Hall–Kier alpha value is -1.92. The number of hydrogen-bond donors (Lipinski definition) is 11. The van der Waals surface area contributed by atoms with Crippen molar-refractivity contribution >= 4 is 11.9 Å². The Morgan fingerprint density at radius 3 is 1.85 bits per heavy atom. The van der Waals surface area contributed by atoms with Crippen molar-refractivity contribution in [3.8, 4) is 0 Å². The molecule has 0 bridgehead atoms. The molecule has 7 fully saturated rings. The number of fused-ring (bicyclic) bond motifs is 7. The predicted octanol–water partition coefficient (Wildman–Crippen LogP) is 0.623. The molecule has 23 atom stereocenters. The molecule has 8 rings (SSSR count). The first-order valence-electron chi connectivity index (χ1n) is 24.7. The van der Waals surface area contributed by atoms with Gasteiger partial charge >= 0.3 is 11.9 Å². The summed E-state index contributed by atoms with van der Waals surface area (Å²) in [5.74, 6) is -1.98. The third-order valence-electron chi connectivity index (χ3n) is 19.8. The third kappa shape index (κ3) is 7.86. The summed E-state index contributed by atoms with van der Waals surface area (Å²) in [6.45, 7) is 15.5. The van der Waals surface area contributed by atoms with Crippen LogP contribution in [0.4, 0.5) is 0 Å². The Morgan fingerprint density at radius 2 is 1.25 bits per heavy atom. The first-order valence-corrected chi connectivity index (χ1v) is 24.7. The van der Waals surface area contributed by atoms with Crippen LogP contribution in [0.1, 0.15) is 120 Å². The molecule has 0 amide bonds. The van der Waals surface area contributed by atoms with Crippen LogP contribution in [0.2, 0.25) is 0 Å². The number of aliphatic carboxylic acids is 1. The number of allylic oxidation sites excluding steroid dienone is 2. The van der Waals surface area contributed by atoms with Crippen LogP contribution in [0, 0.1) is 50.2 Å². The lowest BCUT2D eigenvalue weighted by molar-refractivity contribution is -0.386. The average Bonchev–Trinajstić information content (AvgIpc) is 3.27. The van der Waals surface area contributed by atoms with Crippen LogP contribution in [0.3, 0.4) is 0 Å². The fourth-order valence-electron chi connectivity index (χ4n) is 15.2. The highest BCUT2D eigenvalue weighted by Gasteiger charge is 2.70. The molecule has 0 aromatic carbocycles. The van der Waals surface area contributed by atoms with Crippen molar-refractivity contribution in [2.45, 2.75) is 217 Å². The molecule has 23 unspecified atom stereocenters. The molecule has 11 N–H and O–H groups in total. The summed E-state index contributed by atoms with van der Waals surface area (Å²) in [5.41, 5.74) is -3.43. The van der Waals surface area contributed by atoms with Gasteiger partial charge in [-0.05, 0) is 116 Å². The summed E-state index contributed by atoms with van der Waals surface area (Å²) in [7, 11) is 0. The van der Waals surface area contributed by atoms with Gasteiger partial charge in [0.2, 0.25) is 6.29 Å². The molecule has 5 aliphatic carbocycles. The van der Waals surface area contributed by atoms with Crippen molar-refractivity contribution in [3.63, 3.8) is 0 Å². The highest BCUT2D eigenvalue weighted by atomic mass is 16.8. The first-order chi connectivity index (χ1) is 31.6. The van der Waals surface area contributed by atoms with Crippen molar-refractivity contribution in [2.24, 2.45) is 50.2 Å². The number of rotatable bonds is 9. The first kappa shape index (κ1) is 52.4. The second-order valence-electron chi connectivity index (χ2n) is 24.1. The Morgan fingerprint density at radius 1 is 0.662 bits per heavy atom. The molecule has 3 saturated heterocycles. The van der Waals surface area contributed by atoms with E-state index in [0.717, 1.165) is 39.0 Å². The average molecular weight is 971 g/mol. The molecule has 3 aliphatic heterocycles. The van der Waals surface area contributed by atoms with Crippen molar-refractivity contribution in [2.75, 3.05) is 13.2 Å². The number of hydrogen-bond acceptors (Lipinski definition) is 18. The molecule has 0 aromatic rings. The maximum atomic E-state index is 14.7. The van der Waals surface area contributed by atoms with Gasteiger partial charge in [-0.15, -0.1) is 0 Å². The van der Waals surface area contributed by atoms with Gasteiger partial charge in [-0.1, -0.05) is 60.1 Å². The van der Waals surface area contributed by atoms with Crippen LogP contribution in [-0.2, 0) is 38.0 Å². The minimum Gasteiger partial charge on any atom is -0.479 e. The zero-order valence-corrected chi connectivity index (χ0v) is 40.6. The Balaban J connectivity index is 1.06. The van der Waals surface area contributed by atoms with Gasteiger partial charge in [0, 0.05) is 0 Å². The van der Waals surface area contributed by atoms with Crippen molar-refractivity contribution in [3.05, 3.63) is 11.6 Å². The standard InChI is InChI=1S/C49H78O19/c1-43(2)15-17-49(42(62)67-39-34(57)32(55)30(53)25(21-51)64-39)18-16-46(6)22(23(49)19-43)9-10-27-45(5)13-12-28(44(3,4)26(45)11-14-47(27,46)7)65-40-36(35(58)37(59)48(8,68-40)41(60)61)66-38-33(56)31(54)29(52)24(20-50)63-38/h9,23-40,50-59H,10-21H2,1-8H3,(H,60,61). The Labute approximate surface area is 397 Å².